The zero-order valence-electron chi connectivity index (χ0n) is 27.6. The number of carbonyl (C=O) groups is 1. The molecule has 9 heteroatoms. The number of urea groups is 1. The summed E-state index contributed by atoms with van der Waals surface area (Å²) >= 11 is 6.10. The average molecular weight is 648 g/mol. The summed E-state index contributed by atoms with van der Waals surface area (Å²) in [6, 6.07) is 16.3. The molecule has 0 aliphatic carbocycles. The van der Waals surface area contributed by atoms with Gasteiger partial charge in [-0.3, -0.25) is 4.90 Å². The molecule has 3 aromatic carbocycles. The van der Waals surface area contributed by atoms with Crippen LogP contribution in [0.4, 0.5) is 4.79 Å². The molecule has 8 nitrogen and oxygen atoms in total. The number of amides is 2. The second kappa shape index (κ2) is 14.0. The molecule has 246 valence electrons. The van der Waals surface area contributed by atoms with E-state index in [0.717, 1.165) is 73.6 Å². The molecule has 1 saturated heterocycles. The van der Waals surface area contributed by atoms with Gasteiger partial charge in [-0.15, -0.1) is 0 Å². The summed E-state index contributed by atoms with van der Waals surface area (Å²) in [6.07, 6.45) is 4.77. The quantitative estimate of drug-likeness (QED) is 0.264. The van der Waals surface area contributed by atoms with Crippen LogP contribution in [-0.2, 0) is 19.4 Å². The molecule has 0 spiro atoms. The molecular weight excluding hydrogens is 602 g/mol. The van der Waals surface area contributed by atoms with Gasteiger partial charge in [0.05, 0.1) is 34.5 Å². The summed E-state index contributed by atoms with van der Waals surface area (Å²) in [6.45, 7) is 5.48. The highest BCUT2D eigenvalue weighted by Crippen LogP contribution is 2.49. The highest BCUT2D eigenvalue weighted by Gasteiger charge is 2.42. The second-order valence-electron chi connectivity index (χ2n) is 12.7. The van der Waals surface area contributed by atoms with Crippen molar-refractivity contribution in [2.75, 3.05) is 48.1 Å². The average Bonchev–Trinajstić information content (AvgIpc) is 3.09. The van der Waals surface area contributed by atoms with Crippen molar-refractivity contribution >= 4 is 17.6 Å². The van der Waals surface area contributed by atoms with Gasteiger partial charge in [-0.1, -0.05) is 37.1 Å². The number of methoxy groups -OCH3 is 4. The van der Waals surface area contributed by atoms with Crippen molar-refractivity contribution in [3.63, 3.8) is 0 Å². The van der Waals surface area contributed by atoms with Crippen LogP contribution in [0.3, 0.4) is 0 Å². The molecule has 6 rings (SSSR count). The molecule has 0 bridgehead atoms. The normalized spacial score (nSPS) is 22.3. The Labute approximate surface area is 277 Å². The molecule has 2 amide bonds. The minimum absolute atomic E-state index is 0.0503. The van der Waals surface area contributed by atoms with Crippen molar-refractivity contribution in [2.24, 2.45) is 11.8 Å². The molecule has 3 aromatic rings. The predicted octanol–water partition coefficient (Wildman–Crippen LogP) is 7.22. The maximum Gasteiger partial charge on any atom is 0.318 e. The molecule has 3 aliphatic heterocycles. The standard InChI is InChI=1S/C37H46ClN3O5/c1-6-24-22-40-13-11-25-17-33(43-2)35(45-4)19-29(25)31(40)15-27(24)16-32-30-20-36(46-5)34(44-3)18-26(30)12-14-41(32)37(42)39-21-23-7-9-28(38)10-8-23/h7-10,17-20,24,27,31-32H,6,11-16,21-22H2,1-5H3,(H,39,42). The molecule has 4 atom stereocenters. The van der Waals surface area contributed by atoms with Gasteiger partial charge < -0.3 is 29.2 Å². The van der Waals surface area contributed by atoms with Crippen LogP contribution in [0.2, 0.25) is 5.02 Å². The highest BCUT2D eigenvalue weighted by atomic mass is 35.5. The molecule has 1 N–H and O–H groups in total. The molecule has 4 unspecified atom stereocenters. The number of fused-ring (bicyclic) bond motifs is 4. The summed E-state index contributed by atoms with van der Waals surface area (Å²) in [5.74, 6) is 3.94. The molecule has 0 saturated carbocycles. The van der Waals surface area contributed by atoms with Gasteiger partial charge in [0.1, 0.15) is 0 Å². The summed E-state index contributed by atoms with van der Waals surface area (Å²) in [5.41, 5.74) is 6.07. The van der Waals surface area contributed by atoms with Crippen molar-refractivity contribution in [3.05, 3.63) is 81.4 Å². The minimum Gasteiger partial charge on any atom is -0.493 e. The third-order valence-electron chi connectivity index (χ3n) is 10.4. The SMILES string of the molecule is CCC1CN2CCc3cc(OC)c(OC)cc3C2CC1CC1c2cc(OC)c(OC)cc2CCN1C(=O)NCc1ccc(Cl)cc1. The Morgan fingerprint density at radius 2 is 1.41 bits per heavy atom. The molecular formula is C37H46ClN3O5. The zero-order valence-corrected chi connectivity index (χ0v) is 28.4. The van der Waals surface area contributed by atoms with Gasteiger partial charge in [0.15, 0.2) is 23.0 Å². The van der Waals surface area contributed by atoms with E-state index in [9.17, 15) is 4.79 Å². The lowest BCUT2D eigenvalue weighted by atomic mass is 9.72. The highest BCUT2D eigenvalue weighted by molar-refractivity contribution is 6.30. The second-order valence-corrected chi connectivity index (χ2v) is 13.2. The zero-order chi connectivity index (χ0) is 32.4. The maximum absolute atomic E-state index is 14.0. The van der Waals surface area contributed by atoms with Gasteiger partial charge in [0.25, 0.3) is 0 Å². The lowest BCUT2D eigenvalue weighted by Gasteiger charge is -2.49. The number of rotatable bonds is 9. The molecule has 1 fully saturated rings. The number of piperidine rings is 1. The molecule has 0 aromatic heterocycles. The molecule has 46 heavy (non-hydrogen) atoms. The van der Waals surface area contributed by atoms with Crippen LogP contribution in [0.25, 0.3) is 0 Å². The van der Waals surface area contributed by atoms with Crippen LogP contribution < -0.4 is 24.3 Å². The van der Waals surface area contributed by atoms with Crippen molar-refractivity contribution < 1.29 is 23.7 Å². The first-order valence-electron chi connectivity index (χ1n) is 16.4. The van der Waals surface area contributed by atoms with E-state index in [0.29, 0.717) is 41.7 Å². The largest absolute Gasteiger partial charge is 0.493 e. The van der Waals surface area contributed by atoms with Crippen LogP contribution in [-0.4, -0.2) is 63.9 Å². The van der Waals surface area contributed by atoms with Crippen molar-refractivity contribution in [1.29, 1.82) is 0 Å². The third-order valence-corrected chi connectivity index (χ3v) is 10.7. The summed E-state index contributed by atoms with van der Waals surface area (Å²) in [5, 5.41) is 3.88. The van der Waals surface area contributed by atoms with Gasteiger partial charge in [0.2, 0.25) is 0 Å². The van der Waals surface area contributed by atoms with Crippen molar-refractivity contribution in [3.8, 4) is 23.0 Å². The smallest absolute Gasteiger partial charge is 0.318 e. The number of ether oxygens (including phenoxy) is 4. The summed E-state index contributed by atoms with van der Waals surface area (Å²) < 4.78 is 22.8. The number of nitrogens with zero attached hydrogens (tertiary/aromatic N) is 2. The van der Waals surface area contributed by atoms with Crippen LogP contribution in [0.15, 0.2) is 48.5 Å². The predicted molar refractivity (Wildman–Crippen MR) is 180 cm³/mol. The Hall–Kier alpha value is -3.62. The topological polar surface area (TPSA) is 72.5 Å². The van der Waals surface area contributed by atoms with E-state index in [1.54, 1.807) is 28.4 Å². The van der Waals surface area contributed by atoms with Crippen LogP contribution in [0.1, 0.15) is 66.1 Å². The van der Waals surface area contributed by atoms with E-state index >= 15 is 0 Å². The van der Waals surface area contributed by atoms with Gasteiger partial charge in [0, 0.05) is 37.2 Å². The van der Waals surface area contributed by atoms with Gasteiger partial charge in [-0.2, -0.15) is 0 Å². The molecule has 3 aliphatic rings. The number of hydrogen-bond acceptors (Lipinski definition) is 6. The third kappa shape index (κ3) is 6.34. The Kier molecular flexibility index (Phi) is 9.85. The van der Waals surface area contributed by atoms with Gasteiger partial charge in [-0.25, -0.2) is 4.79 Å². The number of benzene rings is 3. The lowest BCUT2D eigenvalue weighted by molar-refractivity contribution is 0.0350. The summed E-state index contributed by atoms with van der Waals surface area (Å²) in [7, 11) is 6.75. The van der Waals surface area contributed by atoms with Crippen LogP contribution in [0, 0.1) is 11.8 Å². The Morgan fingerprint density at radius 3 is 2.04 bits per heavy atom. The number of halogens is 1. The Morgan fingerprint density at radius 1 is 0.826 bits per heavy atom. The van der Waals surface area contributed by atoms with E-state index in [2.05, 4.69) is 41.4 Å². The number of hydrogen-bond donors (Lipinski definition) is 1. The molecule has 0 radical (unpaired) electrons. The van der Waals surface area contributed by atoms with Crippen LogP contribution >= 0.6 is 11.6 Å². The minimum atomic E-state index is -0.0900. The van der Waals surface area contributed by atoms with Crippen molar-refractivity contribution in [1.82, 2.24) is 15.1 Å². The summed E-state index contributed by atoms with van der Waals surface area (Å²) in [4.78, 5) is 18.7. The first-order valence-corrected chi connectivity index (χ1v) is 16.8. The van der Waals surface area contributed by atoms with Crippen LogP contribution in [0.5, 0.6) is 23.0 Å². The number of carbonyl (C=O) groups excluding carboxylic acids is 1. The monoisotopic (exact) mass is 647 g/mol. The fourth-order valence-corrected chi connectivity index (χ4v) is 8.07. The fourth-order valence-electron chi connectivity index (χ4n) is 7.95. The van der Waals surface area contributed by atoms with E-state index in [-0.39, 0.29) is 12.1 Å². The number of nitrogens with one attached hydrogen (secondary N) is 1. The van der Waals surface area contributed by atoms with E-state index < -0.39 is 0 Å². The van der Waals surface area contributed by atoms with E-state index in [1.807, 2.05) is 29.2 Å². The van der Waals surface area contributed by atoms with E-state index in [4.69, 9.17) is 30.5 Å². The van der Waals surface area contributed by atoms with Gasteiger partial charge >= 0.3 is 6.03 Å². The van der Waals surface area contributed by atoms with Crippen molar-refractivity contribution in [2.45, 2.75) is 57.7 Å². The Balaban J connectivity index is 1.32. The molecule has 3 heterocycles. The first kappa shape index (κ1) is 32.3. The Bertz CT molecular complexity index is 1550. The first-order chi connectivity index (χ1) is 22.4. The maximum atomic E-state index is 14.0. The fraction of sp³-hybridized carbons (Fsp3) is 0.486. The lowest BCUT2D eigenvalue weighted by Crippen LogP contribution is -2.49. The van der Waals surface area contributed by atoms with Gasteiger partial charge in [-0.05, 0) is 102 Å². The van der Waals surface area contributed by atoms with E-state index in [1.165, 1.54) is 16.7 Å².